The number of hydrogen-bond acceptors (Lipinski definition) is 3. The average Bonchev–Trinajstić information content (AvgIpc) is 2.80. The van der Waals surface area contributed by atoms with Crippen molar-refractivity contribution in [2.75, 3.05) is 13.1 Å². The molecule has 0 unspecified atom stereocenters. The summed E-state index contributed by atoms with van der Waals surface area (Å²) in [6.07, 6.45) is 9.24. The molecule has 0 aliphatic carbocycles. The third-order valence-corrected chi connectivity index (χ3v) is 6.12. The number of amides is 2. The van der Waals surface area contributed by atoms with Gasteiger partial charge in [-0.25, -0.2) is 0 Å². The second kappa shape index (κ2) is 13.7. The first-order valence-electron chi connectivity index (χ1n) is 12.4. The van der Waals surface area contributed by atoms with E-state index in [0.717, 1.165) is 62.5 Å². The minimum Gasteiger partial charge on any atom is -0.507 e. The highest BCUT2D eigenvalue weighted by Crippen LogP contribution is 2.27. The molecule has 0 aliphatic rings. The van der Waals surface area contributed by atoms with Gasteiger partial charge in [0.05, 0.1) is 5.56 Å². The van der Waals surface area contributed by atoms with Crippen molar-refractivity contribution in [1.29, 1.82) is 0 Å². The second-order valence-corrected chi connectivity index (χ2v) is 8.92. The van der Waals surface area contributed by atoms with Crippen LogP contribution in [0.25, 0.3) is 0 Å². The third kappa shape index (κ3) is 7.92. The van der Waals surface area contributed by atoms with Crippen molar-refractivity contribution in [2.24, 2.45) is 5.73 Å². The largest absolute Gasteiger partial charge is 0.507 e. The lowest BCUT2D eigenvalue weighted by Gasteiger charge is -2.24. The summed E-state index contributed by atoms with van der Waals surface area (Å²) in [6, 6.07) is 10.9. The Balaban J connectivity index is 2.28. The molecule has 0 aliphatic heterocycles. The van der Waals surface area contributed by atoms with Crippen LogP contribution in [0.3, 0.4) is 0 Å². The number of aryl methyl sites for hydroxylation is 1. The number of benzene rings is 2. The van der Waals surface area contributed by atoms with Gasteiger partial charge in [-0.15, -0.1) is 0 Å². The minimum absolute atomic E-state index is 0.0408. The van der Waals surface area contributed by atoms with Crippen molar-refractivity contribution >= 4 is 11.8 Å². The van der Waals surface area contributed by atoms with Crippen LogP contribution in [0.5, 0.6) is 5.75 Å². The van der Waals surface area contributed by atoms with Crippen molar-refractivity contribution < 1.29 is 14.7 Å². The summed E-state index contributed by atoms with van der Waals surface area (Å²) in [5.41, 5.74) is 8.69. The molecule has 0 atom stereocenters. The van der Waals surface area contributed by atoms with E-state index in [-0.39, 0.29) is 11.7 Å². The van der Waals surface area contributed by atoms with Crippen molar-refractivity contribution in [3.8, 4) is 5.75 Å². The fraction of sp³-hybridized carbons (Fsp3) is 0.500. The number of rotatable bonds is 14. The number of nitrogens with zero attached hydrogens (tertiary/aromatic N) is 1. The molecule has 3 N–H and O–H groups in total. The van der Waals surface area contributed by atoms with Crippen LogP contribution in [0.1, 0.15) is 103 Å². The summed E-state index contributed by atoms with van der Waals surface area (Å²) in [5, 5.41) is 10.7. The Morgan fingerprint density at radius 3 is 2.06 bits per heavy atom. The molecule has 0 spiro atoms. The van der Waals surface area contributed by atoms with Gasteiger partial charge in [0.25, 0.3) is 5.91 Å². The van der Waals surface area contributed by atoms with Crippen LogP contribution in [0.15, 0.2) is 36.4 Å². The Labute approximate surface area is 199 Å². The van der Waals surface area contributed by atoms with Gasteiger partial charge >= 0.3 is 0 Å². The van der Waals surface area contributed by atoms with Gasteiger partial charge in [0.15, 0.2) is 0 Å². The molecule has 0 aromatic heterocycles. The molecule has 2 aromatic rings. The smallest absolute Gasteiger partial charge is 0.257 e. The van der Waals surface area contributed by atoms with Crippen LogP contribution < -0.4 is 5.73 Å². The Bertz CT molecular complexity index is 911. The van der Waals surface area contributed by atoms with Gasteiger partial charge in [0, 0.05) is 18.7 Å². The lowest BCUT2D eigenvalue weighted by molar-refractivity contribution is 0.0745. The van der Waals surface area contributed by atoms with Gasteiger partial charge in [-0.2, -0.15) is 0 Å². The first-order valence-corrected chi connectivity index (χ1v) is 12.4. The fourth-order valence-corrected chi connectivity index (χ4v) is 4.20. The standard InChI is InChI=1S/C28H40N2O3/c1-4-6-8-12-16-30(17-13-9-7-5-2)28(33)25-20-22(18-21(3)26(25)31)19-23-14-10-11-15-24(23)27(29)32/h10-11,14-15,18,20,31H,4-9,12-13,16-17,19H2,1-3H3,(H2,29,32). The van der Waals surface area contributed by atoms with E-state index in [0.29, 0.717) is 36.2 Å². The Kier molecular flexibility index (Phi) is 10.9. The highest BCUT2D eigenvalue weighted by molar-refractivity contribution is 5.97. The topological polar surface area (TPSA) is 83.6 Å². The van der Waals surface area contributed by atoms with Gasteiger partial charge in [-0.1, -0.05) is 76.6 Å². The normalized spacial score (nSPS) is 10.9. The molecule has 33 heavy (non-hydrogen) atoms. The molecule has 2 aromatic carbocycles. The molecule has 0 saturated carbocycles. The highest BCUT2D eigenvalue weighted by Gasteiger charge is 2.21. The molecular weight excluding hydrogens is 412 g/mol. The van der Waals surface area contributed by atoms with E-state index in [1.807, 2.05) is 30.0 Å². The summed E-state index contributed by atoms with van der Waals surface area (Å²) >= 11 is 0. The maximum atomic E-state index is 13.5. The van der Waals surface area contributed by atoms with Crippen molar-refractivity contribution in [1.82, 2.24) is 4.90 Å². The van der Waals surface area contributed by atoms with Gasteiger partial charge in [0.1, 0.15) is 5.75 Å². The zero-order valence-electron chi connectivity index (χ0n) is 20.5. The van der Waals surface area contributed by atoms with Crippen molar-refractivity contribution in [2.45, 2.75) is 78.6 Å². The van der Waals surface area contributed by atoms with Crippen LogP contribution in [0, 0.1) is 6.92 Å². The first-order chi connectivity index (χ1) is 15.9. The van der Waals surface area contributed by atoms with Crippen LogP contribution in [0.2, 0.25) is 0 Å². The molecule has 0 saturated heterocycles. The summed E-state index contributed by atoms with van der Waals surface area (Å²) in [4.78, 5) is 27.2. The SMILES string of the molecule is CCCCCCN(CCCCCC)C(=O)c1cc(Cc2ccccc2C(N)=O)cc(C)c1O. The molecule has 0 fully saturated rings. The third-order valence-electron chi connectivity index (χ3n) is 6.12. The molecule has 5 heteroatoms. The van der Waals surface area contributed by atoms with Gasteiger partial charge in [0.2, 0.25) is 5.91 Å². The van der Waals surface area contributed by atoms with Crippen LogP contribution in [-0.4, -0.2) is 34.9 Å². The van der Waals surface area contributed by atoms with E-state index in [4.69, 9.17) is 5.73 Å². The molecule has 0 heterocycles. The first kappa shape index (κ1) is 26.4. The highest BCUT2D eigenvalue weighted by atomic mass is 16.3. The van der Waals surface area contributed by atoms with Crippen LogP contribution in [0.4, 0.5) is 0 Å². The zero-order valence-corrected chi connectivity index (χ0v) is 20.5. The van der Waals surface area contributed by atoms with Gasteiger partial charge in [-0.3, -0.25) is 9.59 Å². The predicted molar refractivity (Wildman–Crippen MR) is 135 cm³/mol. The fourth-order valence-electron chi connectivity index (χ4n) is 4.20. The van der Waals surface area contributed by atoms with Gasteiger partial charge in [-0.05, 0) is 55.0 Å². The van der Waals surface area contributed by atoms with E-state index in [9.17, 15) is 14.7 Å². The number of primary amides is 1. The number of unbranched alkanes of at least 4 members (excludes halogenated alkanes) is 6. The quantitative estimate of drug-likeness (QED) is 0.345. The summed E-state index contributed by atoms with van der Waals surface area (Å²) in [6.45, 7) is 7.57. The number of carbonyl (C=O) groups excluding carboxylic acids is 2. The van der Waals surface area contributed by atoms with Crippen LogP contribution >= 0.6 is 0 Å². The maximum Gasteiger partial charge on any atom is 0.257 e. The van der Waals surface area contributed by atoms with Crippen molar-refractivity contribution in [3.63, 3.8) is 0 Å². The molecule has 2 amide bonds. The lowest BCUT2D eigenvalue weighted by Crippen LogP contribution is -2.33. The minimum atomic E-state index is -0.470. The molecule has 180 valence electrons. The number of carbonyl (C=O) groups is 2. The predicted octanol–water partition coefficient (Wildman–Crippen LogP) is 5.99. The van der Waals surface area contributed by atoms with Crippen molar-refractivity contribution in [3.05, 3.63) is 64.2 Å². The molecule has 0 bridgehead atoms. The van der Waals surface area contributed by atoms with E-state index < -0.39 is 5.91 Å². The number of phenols is 1. The Morgan fingerprint density at radius 1 is 0.879 bits per heavy atom. The Hall–Kier alpha value is -2.82. The molecule has 2 rings (SSSR count). The van der Waals surface area contributed by atoms with E-state index >= 15 is 0 Å². The molecule has 0 radical (unpaired) electrons. The monoisotopic (exact) mass is 452 g/mol. The summed E-state index contributed by atoms with van der Waals surface area (Å²) in [5.74, 6) is -0.546. The van der Waals surface area contributed by atoms with E-state index in [1.165, 1.54) is 0 Å². The zero-order chi connectivity index (χ0) is 24.2. The number of phenolic OH excluding ortho intramolecular Hbond substituents is 1. The lowest BCUT2D eigenvalue weighted by atomic mass is 9.95. The number of hydrogen-bond donors (Lipinski definition) is 2. The summed E-state index contributed by atoms with van der Waals surface area (Å²) < 4.78 is 0. The number of aromatic hydroxyl groups is 1. The van der Waals surface area contributed by atoms with Crippen LogP contribution in [-0.2, 0) is 6.42 Å². The van der Waals surface area contributed by atoms with E-state index in [1.54, 1.807) is 18.2 Å². The van der Waals surface area contributed by atoms with Gasteiger partial charge < -0.3 is 15.7 Å². The summed E-state index contributed by atoms with van der Waals surface area (Å²) in [7, 11) is 0. The Morgan fingerprint density at radius 2 is 1.48 bits per heavy atom. The maximum absolute atomic E-state index is 13.5. The van der Waals surface area contributed by atoms with E-state index in [2.05, 4.69) is 13.8 Å². The second-order valence-electron chi connectivity index (χ2n) is 8.92. The molecule has 5 nitrogen and oxygen atoms in total. The molecular formula is C28H40N2O3. The number of nitrogens with two attached hydrogens (primary N) is 1. The average molecular weight is 453 g/mol.